The molecule has 0 saturated heterocycles. The Labute approximate surface area is 230 Å². The summed E-state index contributed by atoms with van der Waals surface area (Å²) in [4.78, 5) is 35.0. The minimum Gasteiger partial charge on any atom is -0.744 e. The molecular formula is C24H13N3O12S2-4. The second-order valence-electron chi connectivity index (χ2n) is 8.13. The summed E-state index contributed by atoms with van der Waals surface area (Å²) in [6, 6.07) is 8.03. The van der Waals surface area contributed by atoms with Crippen LogP contribution in [-0.4, -0.2) is 59.2 Å². The summed E-state index contributed by atoms with van der Waals surface area (Å²) in [5.74, 6) is -5.25. The van der Waals surface area contributed by atoms with Gasteiger partial charge in [-0.05, 0) is 60.7 Å². The molecule has 0 unspecified atom stereocenters. The van der Waals surface area contributed by atoms with E-state index in [0.717, 1.165) is 77.5 Å². The second kappa shape index (κ2) is 10.5. The number of nitrogens with zero attached hydrogens (tertiary/aromatic N) is 3. The molecule has 0 fully saturated rings. The summed E-state index contributed by atoms with van der Waals surface area (Å²) in [5, 5.41) is 38.2. The summed E-state index contributed by atoms with van der Waals surface area (Å²) in [6.07, 6.45) is 3.93. The summed E-state index contributed by atoms with van der Waals surface area (Å²) >= 11 is 0. The molecule has 0 atom stereocenters. The number of anilines is 1. The highest BCUT2D eigenvalue weighted by molar-refractivity contribution is 7.86. The monoisotopic (exact) mass is 599 g/mol. The third-order valence-electron chi connectivity index (χ3n) is 5.61. The van der Waals surface area contributed by atoms with Gasteiger partial charge in [-0.25, -0.2) is 16.8 Å². The molecule has 0 aliphatic carbocycles. The lowest BCUT2D eigenvalue weighted by Crippen LogP contribution is -2.32. The maximum atomic E-state index is 12.9. The molecule has 1 aliphatic heterocycles. The lowest BCUT2D eigenvalue weighted by atomic mass is 10.1. The minimum absolute atomic E-state index is 0.0687. The predicted molar refractivity (Wildman–Crippen MR) is 131 cm³/mol. The van der Waals surface area contributed by atoms with Gasteiger partial charge in [0, 0.05) is 23.0 Å². The number of carbonyl (C=O) groups is 3. The molecule has 1 aliphatic rings. The SMILES string of the molecule is O=C([O-])C1=NN(c2ccc(S(=O)(=O)[O-])cc2)C(=O)C1=CC=Cc1c(C(=O)[O-])cn(-c2ccc(S(=O)(=O)[O-])cc2)c1O. The van der Waals surface area contributed by atoms with Crippen LogP contribution >= 0.6 is 0 Å². The fraction of sp³-hybridized carbons (Fsp3) is 0. The third kappa shape index (κ3) is 5.77. The molecule has 212 valence electrons. The molecule has 0 saturated carbocycles. The Morgan fingerprint density at radius 2 is 1.34 bits per heavy atom. The molecule has 1 aromatic heterocycles. The maximum absolute atomic E-state index is 12.9. The highest BCUT2D eigenvalue weighted by Crippen LogP contribution is 2.30. The van der Waals surface area contributed by atoms with Gasteiger partial charge in [0.05, 0.1) is 33.0 Å². The molecule has 2 heterocycles. The molecule has 1 N–H and O–H groups in total. The van der Waals surface area contributed by atoms with Gasteiger partial charge >= 0.3 is 0 Å². The molecular weight excluding hydrogens is 586 g/mol. The average molecular weight is 600 g/mol. The molecule has 1 amide bonds. The van der Waals surface area contributed by atoms with E-state index in [2.05, 4.69) is 5.10 Å². The Hall–Kier alpha value is -5.10. The zero-order valence-corrected chi connectivity index (χ0v) is 21.7. The van der Waals surface area contributed by atoms with Gasteiger partial charge in [0.15, 0.2) is 0 Å². The van der Waals surface area contributed by atoms with E-state index in [-0.39, 0.29) is 16.9 Å². The molecule has 0 spiro atoms. The van der Waals surface area contributed by atoms with Gasteiger partial charge in [0.2, 0.25) is 5.88 Å². The van der Waals surface area contributed by atoms with E-state index in [4.69, 9.17) is 0 Å². The molecule has 3 aromatic rings. The predicted octanol–water partition coefficient (Wildman–Crippen LogP) is -1.55. The Bertz CT molecular complexity index is 1900. The normalized spacial score (nSPS) is 15.1. The van der Waals surface area contributed by atoms with E-state index >= 15 is 0 Å². The number of aromatic carboxylic acids is 1. The molecule has 2 aromatic carbocycles. The first-order chi connectivity index (χ1) is 19.1. The largest absolute Gasteiger partial charge is 0.744 e. The van der Waals surface area contributed by atoms with Crippen molar-refractivity contribution in [2.45, 2.75) is 9.79 Å². The Balaban J connectivity index is 1.69. The van der Waals surface area contributed by atoms with E-state index in [9.17, 15) is 55.6 Å². The lowest BCUT2D eigenvalue weighted by molar-refractivity contribution is -0.294. The average Bonchev–Trinajstić information content (AvgIpc) is 3.40. The number of benzene rings is 2. The number of carbonyl (C=O) groups excluding carboxylic acids is 3. The van der Waals surface area contributed by atoms with Crippen LogP contribution in [0.5, 0.6) is 5.88 Å². The topological polar surface area (TPSA) is 252 Å². The third-order valence-corrected chi connectivity index (χ3v) is 7.31. The first kappa shape index (κ1) is 28.9. The summed E-state index contributed by atoms with van der Waals surface area (Å²) in [7, 11) is -9.55. The fourth-order valence-electron chi connectivity index (χ4n) is 3.69. The van der Waals surface area contributed by atoms with Crippen molar-refractivity contribution in [2.24, 2.45) is 5.10 Å². The molecule has 0 bridgehead atoms. The highest BCUT2D eigenvalue weighted by atomic mass is 32.2. The van der Waals surface area contributed by atoms with Crippen LogP contribution in [0, 0.1) is 0 Å². The van der Waals surface area contributed by atoms with Gasteiger partial charge in [0.25, 0.3) is 5.91 Å². The van der Waals surface area contributed by atoms with E-state index in [1.54, 1.807) is 0 Å². The van der Waals surface area contributed by atoms with Crippen LogP contribution < -0.4 is 15.2 Å². The standard InChI is InChI=1S/C24H17N3O12S2/c28-21-17(19(23(30)31)12-26(21)13-4-8-15(9-5-13)40(34,35)36)2-1-3-18-20(24(32)33)25-27(22(18)29)14-6-10-16(11-7-14)41(37,38)39/h1-12,28H,(H,30,31)(H,32,33)(H,34,35,36)(H,37,38,39)/p-4. The van der Waals surface area contributed by atoms with Crippen LogP contribution in [0.2, 0.25) is 0 Å². The number of aromatic nitrogens is 1. The van der Waals surface area contributed by atoms with Gasteiger partial charge in [-0.2, -0.15) is 10.1 Å². The number of allylic oxidation sites excluding steroid dienone is 2. The van der Waals surface area contributed by atoms with Crippen LogP contribution in [0.4, 0.5) is 5.69 Å². The number of hydrogen-bond donors (Lipinski definition) is 1. The van der Waals surface area contributed by atoms with Crippen molar-refractivity contribution in [3.8, 4) is 11.6 Å². The smallest absolute Gasteiger partial charge is 0.281 e. The highest BCUT2D eigenvalue weighted by Gasteiger charge is 2.31. The minimum atomic E-state index is -4.79. The van der Waals surface area contributed by atoms with Crippen molar-refractivity contribution >= 4 is 55.6 Å². The van der Waals surface area contributed by atoms with Crippen LogP contribution in [0.25, 0.3) is 11.8 Å². The Morgan fingerprint density at radius 1 is 0.829 bits per heavy atom. The van der Waals surface area contributed by atoms with Crippen molar-refractivity contribution in [3.05, 3.63) is 83.6 Å². The zero-order chi connectivity index (χ0) is 30.3. The first-order valence-electron chi connectivity index (χ1n) is 10.9. The van der Waals surface area contributed by atoms with E-state index in [1.807, 2.05) is 0 Å². The molecule has 0 radical (unpaired) electrons. The summed E-state index contributed by atoms with van der Waals surface area (Å²) in [5.41, 5.74) is -2.25. The number of hydrogen-bond acceptors (Lipinski definition) is 13. The maximum Gasteiger partial charge on any atom is 0.281 e. The lowest BCUT2D eigenvalue weighted by Gasteiger charge is -2.13. The number of hydrazone groups is 1. The van der Waals surface area contributed by atoms with E-state index in [0.29, 0.717) is 5.01 Å². The quantitative estimate of drug-likeness (QED) is 0.228. The van der Waals surface area contributed by atoms with Crippen molar-refractivity contribution in [3.63, 3.8) is 0 Å². The van der Waals surface area contributed by atoms with Crippen molar-refractivity contribution in [1.29, 1.82) is 0 Å². The number of aliphatic carboxylic acids is 1. The molecule has 17 heteroatoms. The first-order valence-corrected chi connectivity index (χ1v) is 13.7. The molecule has 4 rings (SSSR count). The molecule has 15 nitrogen and oxygen atoms in total. The number of carboxylic acids is 2. The van der Waals surface area contributed by atoms with Gasteiger partial charge < -0.3 is 34.0 Å². The van der Waals surface area contributed by atoms with Crippen molar-refractivity contribution < 1.29 is 55.6 Å². The van der Waals surface area contributed by atoms with Crippen LogP contribution in [-0.2, 0) is 29.8 Å². The van der Waals surface area contributed by atoms with Crippen LogP contribution in [0.15, 0.2) is 87.3 Å². The van der Waals surface area contributed by atoms with Crippen molar-refractivity contribution in [2.75, 3.05) is 5.01 Å². The van der Waals surface area contributed by atoms with Gasteiger partial charge in [0.1, 0.15) is 25.9 Å². The number of carboxylic acid groups (broad SMARTS) is 2. The number of amides is 1. The van der Waals surface area contributed by atoms with Crippen LogP contribution in [0.1, 0.15) is 15.9 Å². The summed E-state index contributed by atoms with van der Waals surface area (Å²) < 4.78 is 67.7. The van der Waals surface area contributed by atoms with E-state index in [1.165, 1.54) is 0 Å². The van der Waals surface area contributed by atoms with Crippen molar-refractivity contribution in [1.82, 2.24) is 4.57 Å². The fourth-order valence-corrected chi connectivity index (χ4v) is 4.63. The number of aromatic hydroxyl groups is 1. The Morgan fingerprint density at radius 3 is 1.80 bits per heavy atom. The molecule has 41 heavy (non-hydrogen) atoms. The number of rotatable bonds is 8. The van der Waals surface area contributed by atoms with Gasteiger partial charge in [-0.1, -0.05) is 6.08 Å². The second-order valence-corrected chi connectivity index (χ2v) is 10.9. The van der Waals surface area contributed by atoms with Gasteiger partial charge in [-0.15, -0.1) is 0 Å². The summed E-state index contributed by atoms with van der Waals surface area (Å²) in [6.45, 7) is 0. The van der Waals surface area contributed by atoms with Gasteiger partial charge in [-0.3, -0.25) is 9.36 Å². The zero-order valence-electron chi connectivity index (χ0n) is 20.0. The Kier molecular flexibility index (Phi) is 7.38. The van der Waals surface area contributed by atoms with E-state index < -0.39 is 70.6 Å². The van der Waals surface area contributed by atoms with Crippen LogP contribution in [0.3, 0.4) is 0 Å².